The van der Waals surface area contributed by atoms with Crippen molar-refractivity contribution in [3.8, 4) is 5.75 Å². The van der Waals surface area contributed by atoms with Crippen molar-refractivity contribution in [3.05, 3.63) is 54.1 Å². The molecular formula is C20H24N2O6S. The van der Waals surface area contributed by atoms with Gasteiger partial charge in [-0.3, -0.25) is 9.10 Å². The number of amides is 1. The topological polar surface area (TPSA) is 102 Å². The maximum absolute atomic E-state index is 12.9. The number of carbonyl (C=O) groups excluding carboxylic acids is 2. The third-order valence-electron chi connectivity index (χ3n) is 3.95. The van der Waals surface area contributed by atoms with Crippen molar-refractivity contribution in [2.75, 3.05) is 25.1 Å². The Morgan fingerprint density at radius 2 is 1.76 bits per heavy atom. The number of methoxy groups -OCH3 is 1. The summed E-state index contributed by atoms with van der Waals surface area (Å²) in [6.45, 7) is 3.13. The van der Waals surface area contributed by atoms with Crippen LogP contribution in [0.15, 0.2) is 53.4 Å². The summed E-state index contributed by atoms with van der Waals surface area (Å²) in [5.41, 5.74) is 0.468. The van der Waals surface area contributed by atoms with E-state index in [0.717, 1.165) is 4.31 Å². The lowest BCUT2D eigenvalue weighted by Gasteiger charge is -2.20. The van der Waals surface area contributed by atoms with Crippen LogP contribution in [0.1, 0.15) is 24.2 Å². The highest BCUT2D eigenvalue weighted by Gasteiger charge is 2.23. The summed E-state index contributed by atoms with van der Waals surface area (Å²) in [5, 5.41) is 2.60. The minimum atomic E-state index is -3.91. The molecule has 29 heavy (non-hydrogen) atoms. The molecule has 0 aliphatic rings. The number of hydrogen-bond donors (Lipinski definition) is 1. The number of carbonyl (C=O) groups is 2. The van der Waals surface area contributed by atoms with Crippen LogP contribution in [0.5, 0.6) is 5.75 Å². The zero-order chi connectivity index (χ0) is 21.6. The van der Waals surface area contributed by atoms with Crippen LogP contribution in [0.2, 0.25) is 0 Å². The zero-order valence-electron chi connectivity index (χ0n) is 16.7. The zero-order valence-corrected chi connectivity index (χ0v) is 17.5. The van der Waals surface area contributed by atoms with E-state index < -0.39 is 28.5 Å². The average molecular weight is 420 g/mol. The predicted molar refractivity (Wildman–Crippen MR) is 109 cm³/mol. The Bertz CT molecular complexity index is 971. The summed E-state index contributed by atoms with van der Waals surface area (Å²) in [4.78, 5) is 23.7. The second kappa shape index (κ2) is 9.42. The molecule has 0 spiro atoms. The molecule has 0 radical (unpaired) electrons. The first-order valence-electron chi connectivity index (χ1n) is 8.84. The fourth-order valence-electron chi connectivity index (χ4n) is 2.45. The van der Waals surface area contributed by atoms with E-state index in [0.29, 0.717) is 11.4 Å². The highest BCUT2D eigenvalue weighted by molar-refractivity contribution is 7.92. The monoisotopic (exact) mass is 420 g/mol. The summed E-state index contributed by atoms with van der Waals surface area (Å²) < 4.78 is 37.0. The predicted octanol–water partition coefficient (Wildman–Crippen LogP) is 2.20. The largest absolute Gasteiger partial charge is 0.497 e. The average Bonchev–Trinajstić information content (AvgIpc) is 2.71. The van der Waals surface area contributed by atoms with Gasteiger partial charge in [-0.2, -0.15) is 0 Å². The van der Waals surface area contributed by atoms with Crippen molar-refractivity contribution < 1.29 is 27.5 Å². The molecule has 0 bridgehead atoms. The lowest BCUT2D eigenvalue weighted by molar-refractivity contribution is -0.124. The third kappa shape index (κ3) is 5.71. The third-order valence-corrected chi connectivity index (χ3v) is 5.73. The molecule has 0 saturated heterocycles. The first kappa shape index (κ1) is 22.2. The summed E-state index contributed by atoms with van der Waals surface area (Å²) in [7, 11) is -0.974. The molecule has 0 atom stereocenters. The van der Waals surface area contributed by atoms with Gasteiger partial charge >= 0.3 is 5.97 Å². The van der Waals surface area contributed by atoms with Gasteiger partial charge in [-0.1, -0.05) is 6.07 Å². The quantitative estimate of drug-likeness (QED) is 0.657. The van der Waals surface area contributed by atoms with Gasteiger partial charge in [-0.05, 0) is 56.3 Å². The van der Waals surface area contributed by atoms with Crippen molar-refractivity contribution >= 4 is 27.6 Å². The van der Waals surface area contributed by atoms with E-state index in [1.165, 1.54) is 38.4 Å². The Balaban J connectivity index is 2.17. The SMILES string of the molecule is COc1ccc(N(C)S(=O)(=O)c2cccc(C(=O)OCC(=O)NC(C)C)c2)cc1. The Morgan fingerprint density at radius 1 is 1.10 bits per heavy atom. The Labute approximate surface area is 170 Å². The molecule has 2 rings (SSSR count). The molecule has 0 aliphatic heterocycles. The van der Waals surface area contributed by atoms with Crippen molar-refractivity contribution in [2.45, 2.75) is 24.8 Å². The van der Waals surface area contributed by atoms with Gasteiger partial charge in [0, 0.05) is 13.1 Å². The van der Waals surface area contributed by atoms with Crippen molar-refractivity contribution in [3.63, 3.8) is 0 Å². The number of rotatable bonds is 8. The molecule has 2 aromatic carbocycles. The number of anilines is 1. The van der Waals surface area contributed by atoms with Crippen LogP contribution >= 0.6 is 0 Å². The second-order valence-electron chi connectivity index (χ2n) is 6.50. The fourth-order valence-corrected chi connectivity index (χ4v) is 3.69. The van der Waals surface area contributed by atoms with Crippen LogP contribution in [0.3, 0.4) is 0 Å². The first-order valence-corrected chi connectivity index (χ1v) is 10.3. The summed E-state index contributed by atoms with van der Waals surface area (Å²) in [6.07, 6.45) is 0. The van der Waals surface area contributed by atoms with Crippen molar-refractivity contribution in [1.82, 2.24) is 5.32 Å². The number of sulfonamides is 1. The molecule has 156 valence electrons. The molecule has 0 saturated carbocycles. The normalized spacial score (nSPS) is 11.1. The van der Waals surface area contributed by atoms with E-state index in [4.69, 9.17) is 9.47 Å². The van der Waals surface area contributed by atoms with Crippen molar-refractivity contribution in [1.29, 1.82) is 0 Å². The van der Waals surface area contributed by atoms with Gasteiger partial charge in [0.1, 0.15) is 5.75 Å². The highest BCUT2D eigenvalue weighted by atomic mass is 32.2. The minimum Gasteiger partial charge on any atom is -0.497 e. The lowest BCUT2D eigenvalue weighted by atomic mass is 10.2. The summed E-state index contributed by atoms with van der Waals surface area (Å²) in [6, 6.07) is 11.9. The van der Waals surface area contributed by atoms with Crippen LogP contribution in [0.4, 0.5) is 5.69 Å². The van der Waals surface area contributed by atoms with Crippen LogP contribution in [-0.2, 0) is 19.6 Å². The van der Waals surface area contributed by atoms with E-state index in [1.807, 2.05) is 0 Å². The Morgan fingerprint density at radius 3 is 2.34 bits per heavy atom. The lowest BCUT2D eigenvalue weighted by Crippen LogP contribution is -2.34. The minimum absolute atomic E-state index is 0.0338. The van der Waals surface area contributed by atoms with Gasteiger partial charge in [-0.25, -0.2) is 13.2 Å². The number of esters is 1. The van der Waals surface area contributed by atoms with Gasteiger partial charge in [0.2, 0.25) is 0 Å². The molecule has 0 aliphatic carbocycles. The van der Waals surface area contributed by atoms with E-state index in [1.54, 1.807) is 38.1 Å². The van der Waals surface area contributed by atoms with Gasteiger partial charge in [-0.15, -0.1) is 0 Å². The first-order chi connectivity index (χ1) is 13.6. The number of ether oxygens (including phenoxy) is 2. The number of nitrogens with zero attached hydrogens (tertiary/aromatic N) is 1. The van der Waals surface area contributed by atoms with Crippen molar-refractivity contribution in [2.24, 2.45) is 0 Å². The van der Waals surface area contributed by atoms with E-state index in [2.05, 4.69) is 5.32 Å². The summed E-state index contributed by atoms with van der Waals surface area (Å²) in [5.74, 6) is -0.616. The van der Waals surface area contributed by atoms with Crippen LogP contribution in [0.25, 0.3) is 0 Å². The smallest absolute Gasteiger partial charge is 0.338 e. The molecule has 1 amide bonds. The van der Waals surface area contributed by atoms with E-state index in [9.17, 15) is 18.0 Å². The van der Waals surface area contributed by atoms with E-state index in [-0.39, 0.29) is 16.5 Å². The molecule has 0 heterocycles. The number of benzene rings is 2. The second-order valence-corrected chi connectivity index (χ2v) is 8.47. The fraction of sp³-hybridized carbons (Fsp3) is 0.300. The van der Waals surface area contributed by atoms with Gasteiger partial charge in [0.05, 0.1) is 23.3 Å². The Kier molecular flexibility index (Phi) is 7.22. The van der Waals surface area contributed by atoms with Gasteiger partial charge < -0.3 is 14.8 Å². The summed E-state index contributed by atoms with van der Waals surface area (Å²) >= 11 is 0. The standard InChI is InChI=1S/C20H24N2O6S/c1-14(2)21-19(23)13-28-20(24)15-6-5-7-18(12-15)29(25,26)22(3)16-8-10-17(27-4)11-9-16/h5-12,14H,13H2,1-4H3,(H,21,23). The Hall–Kier alpha value is -3.07. The van der Waals surface area contributed by atoms with Crippen LogP contribution < -0.4 is 14.4 Å². The molecule has 9 heteroatoms. The maximum Gasteiger partial charge on any atom is 0.338 e. The molecule has 0 unspecified atom stereocenters. The molecule has 0 fully saturated rings. The van der Waals surface area contributed by atoms with Gasteiger partial charge in [0.15, 0.2) is 6.61 Å². The number of nitrogens with one attached hydrogen (secondary N) is 1. The molecular weight excluding hydrogens is 396 g/mol. The van der Waals surface area contributed by atoms with Crippen LogP contribution in [-0.4, -0.2) is 47.1 Å². The maximum atomic E-state index is 12.9. The molecule has 2 aromatic rings. The molecule has 8 nitrogen and oxygen atoms in total. The van der Waals surface area contributed by atoms with Crippen LogP contribution in [0, 0.1) is 0 Å². The van der Waals surface area contributed by atoms with Gasteiger partial charge in [0.25, 0.3) is 15.9 Å². The number of hydrogen-bond acceptors (Lipinski definition) is 6. The van der Waals surface area contributed by atoms with E-state index >= 15 is 0 Å². The molecule has 1 N–H and O–H groups in total. The molecule has 0 aromatic heterocycles. The highest BCUT2D eigenvalue weighted by Crippen LogP contribution is 2.24.